The van der Waals surface area contributed by atoms with Gasteiger partial charge in [-0.05, 0) is 64.0 Å². The van der Waals surface area contributed by atoms with Crippen molar-refractivity contribution < 1.29 is 4.42 Å². The van der Waals surface area contributed by atoms with Crippen LogP contribution in [-0.2, 0) is 6.54 Å². The van der Waals surface area contributed by atoms with Crippen LogP contribution >= 0.6 is 24.0 Å². The van der Waals surface area contributed by atoms with Gasteiger partial charge in [0.15, 0.2) is 5.96 Å². The first-order chi connectivity index (χ1) is 12.9. The zero-order chi connectivity index (χ0) is 19.4. The fourth-order valence-electron chi connectivity index (χ4n) is 4.55. The van der Waals surface area contributed by atoms with Crippen LogP contribution in [0.5, 0.6) is 0 Å². The zero-order valence-corrected chi connectivity index (χ0v) is 20.5. The van der Waals surface area contributed by atoms with Gasteiger partial charge in [-0.25, -0.2) is 4.98 Å². The Labute approximate surface area is 187 Å². The molecule has 0 bridgehead atoms. The van der Waals surface area contributed by atoms with E-state index in [0.717, 1.165) is 74.4 Å². The van der Waals surface area contributed by atoms with Gasteiger partial charge in [0.25, 0.3) is 0 Å². The Bertz CT molecular complexity index is 609. The minimum atomic E-state index is 0. The molecular formula is C21H38IN5O. The standard InChI is InChI=1S/C21H37N5O.HI/c1-15-10-16(2)13-26(12-15)21(22-5)23-11-19-6-8-25(9-7-19)14-20-24-17(3)18(4)27-20;/h15-16,19H,6-14H2,1-5H3,(H,22,23);1H. The molecule has 2 fully saturated rings. The molecule has 0 saturated carbocycles. The Kier molecular flexibility index (Phi) is 9.05. The van der Waals surface area contributed by atoms with Gasteiger partial charge in [0.05, 0.1) is 12.2 Å². The minimum Gasteiger partial charge on any atom is -0.444 e. The van der Waals surface area contributed by atoms with Gasteiger partial charge >= 0.3 is 0 Å². The van der Waals surface area contributed by atoms with Crippen molar-refractivity contribution in [1.82, 2.24) is 20.1 Å². The summed E-state index contributed by atoms with van der Waals surface area (Å²) < 4.78 is 5.74. The molecule has 1 aromatic rings. The molecule has 7 heteroatoms. The number of aliphatic imine (C=N–C) groups is 1. The van der Waals surface area contributed by atoms with Crippen LogP contribution in [0.1, 0.15) is 50.5 Å². The molecule has 2 atom stereocenters. The van der Waals surface area contributed by atoms with Gasteiger partial charge in [0.2, 0.25) is 5.89 Å². The number of aromatic nitrogens is 1. The molecule has 0 radical (unpaired) electrons. The number of rotatable bonds is 4. The Morgan fingerprint density at radius 1 is 1.18 bits per heavy atom. The van der Waals surface area contributed by atoms with E-state index in [9.17, 15) is 0 Å². The molecule has 2 saturated heterocycles. The van der Waals surface area contributed by atoms with E-state index < -0.39 is 0 Å². The number of piperidine rings is 2. The first-order valence-electron chi connectivity index (χ1n) is 10.6. The summed E-state index contributed by atoms with van der Waals surface area (Å²) in [6.45, 7) is 15.0. The van der Waals surface area contributed by atoms with Gasteiger partial charge < -0.3 is 14.6 Å². The third-order valence-electron chi connectivity index (χ3n) is 6.07. The van der Waals surface area contributed by atoms with Crippen molar-refractivity contribution >= 4 is 29.9 Å². The normalized spacial score (nSPS) is 24.9. The van der Waals surface area contributed by atoms with Crippen LogP contribution in [0, 0.1) is 31.6 Å². The fraction of sp³-hybridized carbons (Fsp3) is 0.810. The summed E-state index contributed by atoms with van der Waals surface area (Å²) in [5.74, 6) is 5.09. The molecule has 3 heterocycles. The highest BCUT2D eigenvalue weighted by atomic mass is 127. The number of nitrogens with zero attached hydrogens (tertiary/aromatic N) is 4. The molecule has 0 amide bonds. The molecule has 1 N–H and O–H groups in total. The molecule has 2 aliphatic heterocycles. The van der Waals surface area contributed by atoms with E-state index in [2.05, 4.69) is 38.9 Å². The van der Waals surface area contributed by atoms with E-state index in [1.54, 1.807) is 0 Å². The van der Waals surface area contributed by atoms with E-state index in [1.807, 2.05) is 20.9 Å². The first-order valence-corrected chi connectivity index (χ1v) is 10.6. The molecule has 1 aromatic heterocycles. The van der Waals surface area contributed by atoms with Gasteiger partial charge in [-0.1, -0.05) is 13.8 Å². The van der Waals surface area contributed by atoms with E-state index >= 15 is 0 Å². The number of hydrogen-bond donors (Lipinski definition) is 1. The molecule has 28 heavy (non-hydrogen) atoms. The summed E-state index contributed by atoms with van der Waals surface area (Å²) in [5, 5.41) is 3.65. The quantitative estimate of drug-likeness (QED) is 0.386. The maximum atomic E-state index is 5.74. The maximum Gasteiger partial charge on any atom is 0.208 e. The number of oxazole rings is 1. The Hall–Kier alpha value is -0.830. The van der Waals surface area contributed by atoms with Crippen LogP contribution in [0.15, 0.2) is 9.41 Å². The minimum absolute atomic E-state index is 0. The van der Waals surface area contributed by atoms with Gasteiger partial charge in [-0.3, -0.25) is 9.89 Å². The van der Waals surface area contributed by atoms with Crippen molar-refractivity contribution in [1.29, 1.82) is 0 Å². The SMILES string of the molecule is CN=C(NCC1CCN(Cc2nc(C)c(C)o2)CC1)N1CC(C)CC(C)C1.I. The highest BCUT2D eigenvalue weighted by Crippen LogP contribution is 2.22. The van der Waals surface area contributed by atoms with Gasteiger partial charge in [-0.15, -0.1) is 24.0 Å². The van der Waals surface area contributed by atoms with Crippen LogP contribution in [0.25, 0.3) is 0 Å². The monoisotopic (exact) mass is 503 g/mol. The van der Waals surface area contributed by atoms with Crippen LogP contribution in [0.3, 0.4) is 0 Å². The molecule has 0 aromatic carbocycles. The van der Waals surface area contributed by atoms with Crippen molar-refractivity contribution in [2.24, 2.45) is 22.7 Å². The Balaban J connectivity index is 0.00000280. The second-order valence-corrected chi connectivity index (χ2v) is 8.75. The zero-order valence-electron chi connectivity index (χ0n) is 18.2. The van der Waals surface area contributed by atoms with E-state index in [0.29, 0.717) is 5.92 Å². The number of guanidine groups is 1. The third kappa shape index (κ3) is 6.34. The molecule has 0 spiro atoms. The second-order valence-electron chi connectivity index (χ2n) is 8.75. The number of aryl methyl sites for hydroxylation is 2. The second kappa shape index (κ2) is 10.8. The first kappa shape index (κ1) is 23.4. The highest BCUT2D eigenvalue weighted by Gasteiger charge is 2.25. The third-order valence-corrected chi connectivity index (χ3v) is 6.07. The maximum absolute atomic E-state index is 5.74. The molecule has 2 aliphatic rings. The lowest BCUT2D eigenvalue weighted by Crippen LogP contribution is -2.50. The molecule has 2 unspecified atom stereocenters. The van der Waals surface area contributed by atoms with Crippen LogP contribution in [0.2, 0.25) is 0 Å². The predicted octanol–water partition coefficient (Wildman–Crippen LogP) is 3.67. The van der Waals surface area contributed by atoms with Crippen LogP contribution < -0.4 is 5.32 Å². The molecule has 3 rings (SSSR count). The van der Waals surface area contributed by atoms with E-state index in [1.165, 1.54) is 19.3 Å². The van der Waals surface area contributed by atoms with Crippen molar-refractivity contribution in [3.05, 3.63) is 17.3 Å². The van der Waals surface area contributed by atoms with Crippen molar-refractivity contribution in [3.63, 3.8) is 0 Å². The lowest BCUT2D eigenvalue weighted by Gasteiger charge is -2.38. The molecule has 6 nitrogen and oxygen atoms in total. The lowest BCUT2D eigenvalue weighted by molar-refractivity contribution is 0.162. The highest BCUT2D eigenvalue weighted by molar-refractivity contribution is 14.0. The van der Waals surface area contributed by atoms with E-state index in [-0.39, 0.29) is 24.0 Å². The van der Waals surface area contributed by atoms with Crippen LogP contribution in [0.4, 0.5) is 0 Å². The summed E-state index contributed by atoms with van der Waals surface area (Å²) >= 11 is 0. The van der Waals surface area contributed by atoms with Gasteiger partial charge in [0, 0.05) is 26.7 Å². The Morgan fingerprint density at radius 2 is 1.82 bits per heavy atom. The average Bonchev–Trinajstić information content (AvgIpc) is 2.93. The van der Waals surface area contributed by atoms with Crippen LogP contribution in [-0.4, -0.2) is 60.5 Å². The summed E-state index contributed by atoms with van der Waals surface area (Å²) in [7, 11) is 1.91. The summed E-state index contributed by atoms with van der Waals surface area (Å²) in [4.78, 5) is 14.0. The summed E-state index contributed by atoms with van der Waals surface area (Å²) in [5.41, 5.74) is 1.01. The number of nitrogens with one attached hydrogen (secondary N) is 1. The van der Waals surface area contributed by atoms with Crippen molar-refractivity contribution in [2.75, 3.05) is 39.8 Å². The molecule has 0 aliphatic carbocycles. The summed E-state index contributed by atoms with van der Waals surface area (Å²) in [6.07, 6.45) is 3.76. The molecule has 160 valence electrons. The lowest BCUT2D eigenvalue weighted by atomic mass is 9.92. The Morgan fingerprint density at radius 3 is 2.36 bits per heavy atom. The number of halogens is 1. The van der Waals surface area contributed by atoms with Crippen molar-refractivity contribution in [3.8, 4) is 0 Å². The largest absolute Gasteiger partial charge is 0.444 e. The smallest absolute Gasteiger partial charge is 0.208 e. The van der Waals surface area contributed by atoms with E-state index in [4.69, 9.17) is 4.42 Å². The number of hydrogen-bond acceptors (Lipinski definition) is 4. The summed E-state index contributed by atoms with van der Waals surface area (Å²) in [6, 6.07) is 0. The number of likely N-dealkylation sites (tertiary alicyclic amines) is 2. The van der Waals surface area contributed by atoms with Crippen molar-refractivity contribution in [2.45, 2.75) is 53.5 Å². The molecular weight excluding hydrogens is 465 g/mol. The van der Waals surface area contributed by atoms with Gasteiger partial charge in [0.1, 0.15) is 5.76 Å². The topological polar surface area (TPSA) is 56.9 Å². The average molecular weight is 503 g/mol. The predicted molar refractivity (Wildman–Crippen MR) is 125 cm³/mol. The van der Waals surface area contributed by atoms with Gasteiger partial charge in [-0.2, -0.15) is 0 Å². The fourth-order valence-corrected chi connectivity index (χ4v) is 4.55.